The number of amides is 1. The van der Waals surface area contributed by atoms with Crippen LogP contribution >= 0.6 is 0 Å². The van der Waals surface area contributed by atoms with Gasteiger partial charge in [-0.15, -0.1) is 0 Å². The van der Waals surface area contributed by atoms with Crippen LogP contribution in [-0.2, 0) is 4.84 Å². The van der Waals surface area contributed by atoms with Crippen molar-refractivity contribution in [1.82, 2.24) is 5.32 Å². The summed E-state index contributed by atoms with van der Waals surface area (Å²) in [6, 6.07) is 17.3. The van der Waals surface area contributed by atoms with Crippen molar-refractivity contribution < 1.29 is 9.63 Å². The molecule has 2 aromatic carbocycles. The lowest BCUT2D eigenvalue weighted by Gasteiger charge is -2.10. The van der Waals surface area contributed by atoms with Crippen LogP contribution in [0.3, 0.4) is 0 Å². The Kier molecular flexibility index (Phi) is 3.69. The van der Waals surface area contributed by atoms with Crippen molar-refractivity contribution in [1.29, 1.82) is 0 Å². The number of rotatable bonds is 3. The molecule has 0 spiro atoms. The monoisotopic (exact) mass is 280 g/mol. The van der Waals surface area contributed by atoms with Gasteiger partial charge in [0, 0.05) is 5.56 Å². The van der Waals surface area contributed by atoms with Crippen LogP contribution in [0.15, 0.2) is 59.8 Å². The van der Waals surface area contributed by atoms with E-state index in [1.54, 1.807) is 12.1 Å². The van der Waals surface area contributed by atoms with Crippen molar-refractivity contribution in [2.45, 2.75) is 19.6 Å². The number of nitrogens with zero attached hydrogens (tertiary/aromatic N) is 1. The summed E-state index contributed by atoms with van der Waals surface area (Å²) in [6.07, 6.45) is 0.163. The van der Waals surface area contributed by atoms with Gasteiger partial charge >= 0.3 is 0 Å². The zero-order valence-corrected chi connectivity index (χ0v) is 11.7. The van der Waals surface area contributed by atoms with E-state index in [9.17, 15) is 4.79 Å². The van der Waals surface area contributed by atoms with E-state index in [0.29, 0.717) is 12.0 Å². The lowest BCUT2D eigenvalue weighted by Crippen LogP contribution is -2.34. The molecule has 1 heterocycles. The third-order valence-corrected chi connectivity index (χ3v) is 3.38. The lowest BCUT2D eigenvalue weighted by atomic mass is 10.1. The maximum Gasteiger partial charge on any atom is 0.254 e. The third-order valence-electron chi connectivity index (χ3n) is 3.38. The van der Waals surface area contributed by atoms with Gasteiger partial charge in [-0.2, -0.15) is 0 Å². The number of aryl methyl sites for hydroxylation is 1. The predicted octanol–water partition coefficient (Wildman–Crippen LogP) is 2.88. The molecule has 1 aliphatic rings. The molecule has 106 valence electrons. The van der Waals surface area contributed by atoms with E-state index < -0.39 is 6.23 Å². The van der Waals surface area contributed by atoms with Crippen molar-refractivity contribution in [2.24, 2.45) is 5.16 Å². The minimum atomic E-state index is -0.408. The molecule has 0 aromatic heterocycles. The Hall–Kier alpha value is -2.62. The second-order valence-corrected chi connectivity index (χ2v) is 5.04. The highest BCUT2D eigenvalue weighted by Crippen LogP contribution is 2.15. The van der Waals surface area contributed by atoms with Gasteiger partial charge in [-0.05, 0) is 24.6 Å². The van der Waals surface area contributed by atoms with Crippen molar-refractivity contribution in [2.75, 3.05) is 0 Å². The van der Waals surface area contributed by atoms with Gasteiger partial charge in [-0.3, -0.25) is 4.79 Å². The van der Waals surface area contributed by atoms with Gasteiger partial charge in [-0.25, -0.2) is 0 Å². The molecule has 1 amide bonds. The average molecular weight is 280 g/mol. The number of carbonyl (C=O) groups excluding carboxylic acids is 1. The zero-order chi connectivity index (χ0) is 14.7. The molecule has 3 rings (SSSR count). The topological polar surface area (TPSA) is 50.7 Å². The van der Waals surface area contributed by atoms with E-state index in [1.165, 1.54) is 0 Å². The molecule has 1 aliphatic heterocycles. The largest absolute Gasteiger partial charge is 0.370 e. The van der Waals surface area contributed by atoms with Gasteiger partial charge in [0.2, 0.25) is 6.23 Å². The fourth-order valence-corrected chi connectivity index (χ4v) is 2.19. The molecule has 0 bridgehead atoms. The third kappa shape index (κ3) is 3.11. The first kappa shape index (κ1) is 13.4. The number of nitrogens with one attached hydrogen (secondary N) is 1. The molecule has 4 heteroatoms. The number of carbonyl (C=O) groups is 1. The molecule has 0 saturated carbocycles. The Bertz CT molecular complexity index is 663. The lowest BCUT2D eigenvalue weighted by molar-refractivity contribution is 0.0502. The van der Waals surface area contributed by atoms with E-state index >= 15 is 0 Å². The van der Waals surface area contributed by atoms with E-state index in [2.05, 4.69) is 10.5 Å². The highest BCUT2D eigenvalue weighted by atomic mass is 16.7. The highest BCUT2D eigenvalue weighted by molar-refractivity contribution is 6.02. The van der Waals surface area contributed by atoms with Crippen molar-refractivity contribution in [3.63, 3.8) is 0 Å². The van der Waals surface area contributed by atoms with Crippen LogP contribution in [0.25, 0.3) is 0 Å². The molecule has 2 aromatic rings. The van der Waals surface area contributed by atoms with Crippen molar-refractivity contribution >= 4 is 11.6 Å². The van der Waals surface area contributed by atoms with Crippen LogP contribution in [-0.4, -0.2) is 17.8 Å². The van der Waals surface area contributed by atoms with Gasteiger partial charge in [0.25, 0.3) is 5.91 Å². The first-order valence-electron chi connectivity index (χ1n) is 6.88. The number of oxime groups is 1. The molecule has 0 aliphatic carbocycles. The fraction of sp³-hybridized carbons (Fsp3) is 0.176. The van der Waals surface area contributed by atoms with E-state index in [4.69, 9.17) is 4.84 Å². The Morgan fingerprint density at radius 3 is 2.57 bits per heavy atom. The van der Waals surface area contributed by atoms with Crippen LogP contribution in [0.1, 0.15) is 27.9 Å². The Morgan fingerprint density at radius 2 is 1.86 bits per heavy atom. The quantitative estimate of drug-likeness (QED) is 0.940. The van der Waals surface area contributed by atoms with E-state index in [1.807, 2.05) is 49.4 Å². The van der Waals surface area contributed by atoms with Gasteiger partial charge < -0.3 is 10.2 Å². The molecule has 1 atom stereocenters. The number of hydrogen-bond donors (Lipinski definition) is 1. The average Bonchev–Trinajstić information content (AvgIpc) is 2.97. The fourth-order valence-electron chi connectivity index (χ4n) is 2.19. The summed E-state index contributed by atoms with van der Waals surface area (Å²) < 4.78 is 0. The maximum atomic E-state index is 12.1. The Morgan fingerprint density at radius 1 is 1.14 bits per heavy atom. The number of hydrogen-bond acceptors (Lipinski definition) is 3. The standard InChI is InChI=1S/C17H16N2O2/c1-12-7-9-14(10-8-12)17(20)18-16-11-15(19-21-16)13-5-3-2-4-6-13/h2-10,16H,11H2,1H3,(H,18,20). The van der Waals surface area contributed by atoms with Crippen LogP contribution in [0.5, 0.6) is 0 Å². The van der Waals surface area contributed by atoms with Crippen LogP contribution in [0.4, 0.5) is 0 Å². The van der Waals surface area contributed by atoms with Gasteiger partial charge in [-0.1, -0.05) is 53.2 Å². The summed E-state index contributed by atoms with van der Waals surface area (Å²) in [7, 11) is 0. The molecule has 4 nitrogen and oxygen atoms in total. The summed E-state index contributed by atoms with van der Waals surface area (Å²) >= 11 is 0. The SMILES string of the molecule is Cc1ccc(C(=O)NC2CC(c3ccccc3)=NO2)cc1. The molecule has 0 radical (unpaired) electrons. The summed E-state index contributed by atoms with van der Waals surface area (Å²) in [5.74, 6) is -0.149. The van der Waals surface area contributed by atoms with Gasteiger partial charge in [0.1, 0.15) is 0 Å². The molecule has 1 unspecified atom stereocenters. The van der Waals surface area contributed by atoms with Crippen LogP contribution < -0.4 is 5.32 Å². The normalized spacial score (nSPS) is 17.0. The molecule has 0 saturated heterocycles. The summed E-state index contributed by atoms with van der Waals surface area (Å²) in [5.41, 5.74) is 3.62. The molecular formula is C17H16N2O2. The summed E-state index contributed by atoms with van der Waals surface area (Å²) in [4.78, 5) is 17.4. The first-order chi connectivity index (χ1) is 10.2. The second kappa shape index (κ2) is 5.79. The summed E-state index contributed by atoms with van der Waals surface area (Å²) in [5, 5.41) is 6.89. The summed E-state index contributed by atoms with van der Waals surface area (Å²) in [6.45, 7) is 1.99. The highest BCUT2D eigenvalue weighted by Gasteiger charge is 2.23. The first-order valence-corrected chi connectivity index (χ1v) is 6.88. The van der Waals surface area contributed by atoms with Gasteiger partial charge in [0.05, 0.1) is 12.1 Å². The zero-order valence-electron chi connectivity index (χ0n) is 11.7. The second-order valence-electron chi connectivity index (χ2n) is 5.04. The number of benzene rings is 2. The maximum absolute atomic E-state index is 12.1. The molecule has 0 fully saturated rings. The smallest absolute Gasteiger partial charge is 0.254 e. The predicted molar refractivity (Wildman–Crippen MR) is 81.1 cm³/mol. The van der Waals surface area contributed by atoms with Crippen molar-refractivity contribution in [3.05, 3.63) is 71.3 Å². The van der Waals surface area contributed by atoms with Crippen LogP contribution in [0.2, 0.25) is 0 Å². The minimum absolute atomic E-state index is 0.149. The van der Waals surface area contributed by atoms with E-state index in [0.717, 1.165) is 16.8 Å². The van der Waals surface area contributed by atoms with Crippen molar-refractivity contribution in [3.8, 4) is 0 Å². The Labute approximate surface area is 123 Å². The van der Waals surface area contributed by atoms with Gasteiger partial charge in [0.15, 0.2) is 0 Å². The molecular weight excluding hydrogens is 264 g/mol. The van der Waals surface area contributed by atoms with E-state index in [-0.39, 0.29) is 5.91 Å². The van der Waals surface area contributed by atoms with Crippen LogP contribution in [0, 0.1) is 6.92 Å². The Balaban J connectivity index is 1.61. The minimum Gasteiger partial charge on any atom is -0.370 e. The molecule has 1 N–H and O–H groups in total. The molecule has 21 heavy (non-hydrogen) atoms.